The van der Waals surface area contributed by atoms with Gasteiger partial charge in [-0.05, 0) is 42.5 Å². The van der Waals surface area contributed by atoms with Gasteiger partial charge in [0.2, 0.25) is 11.9 Å². The SMILES string of the molecule is [C-]#[N+]c1cccc(CNc2nc(NC(CC3CCCCC3)C(=O)NCc3ccc(Cl)cc3Cl)cc(-n3cnc(C)c3)n2)c1. The van der Waals surface area contributed by atoms with Crippen LogP contribution in [0.5, 0.6) is 0 Å². The first kappa shape index (κ1) is 30.3. The third kappa shape index (κ3) is 8.46. The number of anilines is 2. The number of hydrogen-bond donors (Lipinski definition) is 3. The lowest BCUT2D eigenvalue weighted by Gasteiger charge is -2.27. The van der Waals surface area contributed by atoms with Crippen molar-refractivity contribution in [2.45, 2.75) is 64.6 Å². The number of amides is 1. The molecule has 1 saturated carbocycles. The van der Waals surface area contributed by atoms with Crippen LogP contribution in [-0.4, -0.2) is 31.5 Å². The molecule has 0 saturated heterocycles. The Hall–Kier alpha value is -4.13. The summed E-state index contributed by atoms with van der Waals surface area (Å²) in [4.78, 5) is 31.0. The van der Waals surface area contributed by atoms with E-state index >= 15 is 0 Å². The van der Waals surface area contributed by atoms with Crippen LogP contribution < -0.4 is 16.0 Å². The molecule has 2 aromatic heterocycles. The Morgan fingerprint density at radius 3 is 2.67 bits per heavy atom. The van der Waals surface area contributed by atoms with E-state index in [2.05, 4.69) is 25.8 Å². The van der Waals surface area contributed by atoms with Crippen molar-refractivity contribution in [2.75, 3.05) is 10.6 Å². The van der Waals surface area contributed by atoms with E-state index in [9.17, 15) is 4.79 Å². The molecule has 3 N–H and O–H groups in total. The second-order valence-electron chi connectivity index (χ2n) is 10.9. The second kappa shape index (κ2) is 14.4. The number of benzene rings is 2. The summed E-state index contributed by atoms with van der Waals surface area (Å²) >= 11 is 12.4. The summed E-state index contributed by atoms with van der Waals surface area (Å²) in [5, 5.41) is 10.8. The van der Waals surface area contributed by atoms with Crippen molar-refractivity contribution in [3.05, 3.63) is 99.3 Å². The van der Waals surface area contributed by atoms with Gasteiger partial charge in [0, 0.05) is 35.4 Å². The van der Waals surface area contributed by atoms with Crippen LogP contribution in [0.15, 0.2) is 61.1 Å². The Kier molecular flexibility index (Phi) is 10.1. The van der Waals surface area contributed by atoms with Crippen LogP contribution in [0, 0.1) is 19.4 Å². The molecule has 2 aromatic carbocycles. The Labute approximate surface area is 261 Å². The van der Waals surface area contributed by atoms with E-state index in [1.54, 1.807) is 24.5 Å². The summed E-state index contributed by atoms with van der Waals surface area (Å²) < 4.78 is 1.83. The maximum absolute atomic E-state index is 13.6. The summed E-state index contributed by atoms with van der Waals surface area (Å²) in [7, 11) is 0. The number of nitrogens with one attached hydrogen (secondary N) is 3. The number of carbonyl (C=O) groups is 1. The van der Waals surface area contributed by atoms with E-state index in [1.807, 2.05) is 48.0 Å². The molecule has 1 unspecified atom stereocenters. The van der Waals surface area contributed by atoms with Gasteiger partial charge in [0.05, 0.1) is 12.3 Å². The molecule has 1 fully saturated rings. The van der Waals surface area contributed by atoms with E-state index in [-0.39, 0.29) is 12.5 Å². The van der Waals surface area contributed by atoms with Crippen LogP contribution in [-0.2, 0) is 17.9 Å². The summed E-state index contributed by atoms with van der Waals surface area (Å²) in [5.74, 6) is 1.85. The van der Waals surface area contributed by atoms with Crippen LogP contribution in [0.2, 0.25) is 10.0 Å². The third-order valence-electron chi connectivity index (χ3n) is 7.58. The summed E-state index contributed by atoms with van der Waals surface area (Å²) in [6, 6.07) is 14.0. The van der Waals surface area contributed by atoms with Crippen molar-refractivity contribution in [3.8, 4) is 5.82 Å². The number of rotatable bonds is 11. The van der Waals surface area contributed by atoms with Crippen molar-refractivity contribution < 1.29 is 4.79 Å². The average molecular weight is 618 g/mol. The fraction of sp³-hybridized carbons (Fsp3) is 0.344. The van der Waals surface area contributed by atoms with Gasteiger partial charge in [-0.2, -0.15) is 9.97 Å². The topological polar surface area (TPSA) is 101 Å². The van der Waals surface area contributed by atoms with E-state index in [0.717, 1.165) is 29.7 Å². The number of aryl methyl sites for hydroxylation is 1. The number of carbonyl (C=O) groups excluding carboxylic acids is 1. The highest BCUT2D eigenvalue weighted by Gasteiger charge is 2.25. The molecular formula is C32H34Cl2N8O. The molecule has 0 aliphatic heterocycles. The fourth-order valence-corrected chi connectivity index (χ4v) is 5.80. The van der Waals surface area contributed by atoms with Gasteiger partial charge >= 0.3 is 0 Å². The van der Waals surface area contributed by atoms with Gasteiger partial charge in [-0.15, -0.1) is 0 Å². The Balaban J connectivity index is 1.39. The van der Waals surface area contributed by atoms with Gasteiger partial charge in [-0.3, -0.25) is 9.36 Å². The van der Waals surface area contributed by atoms with E-state index in [0.29, 0.717) is 52.2 Å². The minimum Gasteiger partial charge on any atom is -0.358 e. The summed E-state index contributed by atoms with van der Waals surface area (Å²) in [5.41, 5.74) is 3.16. The van der Waals surface area contributed by atoms with Crippen LogP contribution in [0.25, 0.3) is 10.7 Å². The highest BCUT2D eigenvalue weighted by Crippen LogP contribution is 2.29. The lowest BCUT2D eigenvalue weighted by Crippen LogP contribution is -2.41. The number of nitrogens with zero attached hydrogens (tertiary/aromatic N) is 5. The fourth-order valence-electron chi connectivity index (χ4n) is 5.32. The number of aromatic nitrogens is 4. The van der Waals surface area contributed by atoms with E-state index in [4.69, 9.17) is 39.7 Å². The molecule has 11 heteroatoms. The number of hydrogen-bond acceptors (Lipinski definition) is 6. The van der Waals surface area contributed by atoms with Gasteiger partial charge in [0.25, 0.3) is 0 Å². The largest absolute Gasteiger partial charge is 0.358 e. The first-order valence-corrected chi connectivity index (χ1v) is 15.2. The Bertz CT molecular complexity index is 1610. The molecule has 1 aliphatic carbocycles. The molecule has 43 heavy (non-hydrogen) atoms. The second-order valence-corrected chi connectivity index (χ2v) is 11.7. The highest BCUT2D eigenvalue weighted by molar-refractivity contribution is 6.35. The van der Waals surface area contributed by atoms with Crippen molar-refractivity contribution in [1.29, 1.82) is 0 Å². The normalized spacial score (nSPS) is 14.1. The Morgan fingerprint density at radius 2 is 1.93 bits per heavy atom. The minimum absolute atomic E-state index is 0.124. The molecule has 222 valence electrons. The molecule has 1 atom stereocenters. The van der Waals surface area contributed by atoms with E-state index in [1.165, 1.54) is 19.3 Å². The monoisotopic (exact) mass is 616 g/mol. The summed E-state index contributed by atoms with van der Waals surface area (Å²) in [6.07, 6.45) is 10.1. The molecule has 0 spiro atoms. The first-order valence-electron chi connectivity index (χ1n) is 14.4. The zero-order valence-electron chi connectivity index (χ0n) is 24.0. The maximum atomic E-state index is 13.6. The standard InChI is InChI=1S/C32H34Cl2N8O/c1-21-19-42(20-38-21)30-16-29(40-32(41-30)37-17-23-9-6-10-26(13-23)35-2)39-28(14-22-7-4-3-5-8-22)31(43)36-18-24-11-12-25(33)15-27(24)34/h6,9-13,15-16,19-20,22,28H,3-5,7-8,14,17-18H2,1H3,(H,36,43)(H2,37,39,40,41). The van der Waals surface area contributed by atoms with Crippen molar-refractivity contribution in [2.24, 2.45) is 5.92 Å². The maximum Gasteiger partial charge on any atom is 0.242 e. The number of imidazole rings is 1. The van der Waals surface area contributed by atoms with Crippen LogP contribution in [0.3, 0.4) is 0 Å². The lowest BCUT2D eigenvalue weighted by atomic mass is 9.84. The van der Waals surface area contributed by atoms with Gasteiger partial charge < -0.3 is 16.0 Å². The van der Waals surface area contributed by atoms with Crippen molar-refractivity contribution in [1.82, 2.24) is 24.8 Å². The van der Waals surface area contributed by atoms with E-state index < -0.39 is 6.04 Å². The molecule has 9 nitrogen and oxygen atoms in total. The first-order chi connectivity index (χ1) is 20.9. The molecule has 2 heterocycles. The van der Waals surface area contributed by atoms with Gasteiger partial charge in [0.15, 0.2) is 5.69 Å². The van der Waals surface area contributed by atoms with Gasteiger partial charge in [-0.1, -0.05) is 85.6 Å². The van der Waals surface area contributed by atoms with Crippen molar-refractivity contribution in [3.63, 3.8) is 0 Å². The highest BCUT2D eigenvalue weighted by atomic mass is 35.5. The Morgan fingerprint density at radius 1 is 1.09 bits per heavy atom. The zero-order chi connectivity index (χ0) is 30.2. The molecule has 5 rings (SSSR count). The van der Waals surface area contributed by atoms with Crippen molar-refractivity contribution >= 4 is 46.6 Å². The minimum atomic E-state index is -0.510. The summed E-state index contributed by atoms with van der Waals surface area (Å²) in [6.45, 7) is 9.94. The predicted octanol–water partition coefficient (Wildman–Crippen LogP) is 7.51. The molecule has 0 bridgehead atoms. The van der Waals surface area contributed by atoms with Crippen LogP contribution >= 0.6 is 23.2 Å². The molecular weight excluding hydrogens is 583 g/mol. The molecule has 0 radical (unpaired) electrons. The molecule has 4 aromatic rings. The van der Waals surface area contributed by atoms with Gasteiger partial charge in [0.1, 0.15) is 24.0 Å². The average Bonchev–Trinajstić information content (AvgIpc) is 3.46. The quantitative estimate of drug-likeness (QED) is 0.151. The van der Waals surface area contributed by atoms with Crippen LogP contribution in [0.1, 0.15) is 55.3 Å². The lowest BCUT2D eigenvalue weighted by molar-refractivity contribution is -0.122. The zero-order valence-corrected chi connectivity index (χ0v) is 25.5. The number of halogens is 2. The molecule has 1 aliphatic rings. The third-order valence-corrected chi connectivity index (χ3v) is 8.17. The smallest absolute Gasteiger partial charge is 0.242 e. The molecule has 1 amide bonds. The van der Waals surface area contributed by atoms with Gasteiger partial charge in [-0.25, -0.2) is 9.83 Å². The van der Waals surface area contributed by atoms with Crippen LogP contribution in [0.4, 0.5) is 17.5 Å². The predicted molar refractivity (Wildman–Crippen MR) is 171 cm³/mol.